The first-order valence-corrected chi connectivity index (χ1v) is 6.84. The van der Waals surface area contributed by atoms with E-state index in [9.17, 15) is 4.79 Å². The van der Waals surface area contributed by atoms with Gasteiger partial charge in [0.1, 0.15) is 5.60 Å². The van der Waals surface area contributed by atoms with E-state index in [1.165, 1.54) is 0 Å². The van der Waals surface area contributed by atoms with E-state index in [1.807, 2.05) is 50.7 Å². The van der Waals surface area contributed by atoms with Gasteiger partial charge in [-0.1, -0.05) is 6.07 Å². The van der Waals surface area contributed by atoms with Crippen LogP contribution in [0.4, 0.5) is 0 Å². The Morgan fingerprint density at radius 1 is 1.33 bits per heavy atom. The van der Waals surface area contributed by atoms with E-state index in [2.05, 4.69) is 28.7 Å². The number of hydrogen-bond donors (Lipinski definition) is 0. The van der Waals surface area contributed by atoms with Crippen molar-refractivity contribution < 1.29 is 9.53 Å². The number of nitrogens with zero attached hydrogens (tertiary/aromatic N) is 1. The third-order valence-corrected chi connectivity index (χ3v) is 3.24. The summed E-state index contributed by atoms with van der Waals surface area (Å²) in [5.74, 6) is -0.269. The summed E-state index contributed by atoms with van der Waals surface area (Å²) < 4.78 is 8.53. The maximum Gasteiger partial charge on any atom is 0.340 e. The fourth-order valence-corrected chi connectivity index (χ4v) is 2.33. The lowest BCUT2D eigenvalue weighted by atomic mass is 10.1. The number of benzene rings is 1. The van der Waals surface area contributed by atoms with Gasteiger partial charge in [0.25, 0.3) is 0 Å². The molecule has 0 amide bonds. The Hall–Kier alpha value is -1.04. The summed E-state index contributed by atoms with van der Waals surface area (Å²) in [7, 11) is 1.94. The summed E-state index contributed by atoms with van der Waals surface area (Å²) in [6.45, 7) is 5.62. The minimum atomic E-state index is -0.470. The van der Waals surface area contributed by atoms with Crippen molar-refractivity contribution in [2.45, 2.75) is 26.4 Å². The van der Waals surface area contributed by atoms with Crippen molar-refractivity contribution in [2.75, 3.05) is 0 Å². The van der Waals surface area contributed by atoms with Gasteiger partial charge in [-0.15, -0.1) is 0 Å². The Bertz CT molecular complexity index is 608. The second kappa shape index (κ2) is 4.57. The van der Waals surface area contributed by atoms with Crippen molar-refractivity contribution in [3.8, 4) is 0 Å². The van der Waals surface area contributed by atoms with Crippen LogP contribution in [0.15, 0.2) is 24.4 Å². The topological polar surface area (TPSA) is 31.2 Å². The van der Waals surface area contributed by atoms with Crippen molar-refractivity contribution >= 4 is 39.5 Å². The molecule has 0 fully saturated rings. The molecule has 18 heavy (non-hydrogen) atoms. The minimum Gasteiger partial charge on any atom is -0.456 e. The zero-order valence-electron chi connectivity index (χ0n) is 11.0. The van der Waals surface area contributed by atoms with Crippen molar-refractivity contribution in [3.63, 3.8) is 0 Å². The van der Waals surface area contributed by atoms with Crippen LogP contribution in [-0.2, 0) is 11.8 Å². The summed E-state index contributed by atoms with van der Waals surface area (Å²) in [5.41, 5.74) is 1.20. The summed E-state index contributed by atoms with van der Waals surface area (Å²) >= 11 is 2.26. The van der Waals surface area contributed by atoms with Gasteiger partial charge in [-0.2, -0.15) is 0 Å². The Kier molecular flexibility index (Phi) is 3.40. The molecule has 0 aliphatic rings. The van der Waals surface area contributed by atoms with Gasteiger partial charge < -0.3 is 9.30 Å². The summed E-state index contributed by atoms with van der Waals surface area (Å²) in [5, 5.41) is 0.937. The average Bonchev–Trinajstić information content (AvgIpc) is 2.54. The Morgan fingerprint density at radius 3 is 2.61 bits per heavy atom. The maximum atomic E-state index is 12.1. The maximum absolute atomic E-state index is 12.1. The Morgan fingerprint density at radius 2 is 2.00 bits per heavy atom. The van der Waals surface area contributed by atoms with Gasteiger partial charge >= 0.3 is 5.97 Å². The van der Waals surface area contributed by atoms with Crippen LogP contribution in [0.25, 0.3) is 10.9 Å². The smallest absolute Gasteiger partial charge is 0.340 e. The van der Waals surface area contributed by atoms with Crippen molar-refractivity contribution in [3.05, 3.63) is 33.5 Å². The van der Waals surface area contributed by atoms with Crippen molar-refractivity contribution in [1.82, 2.24) is 4.57 Å². The van der Waals surface area contributed by atoms with Crippen LogP contribution in [0.5, 0.6) is 0 Å². The van der Waals surface area contributed by atoms with E-state index in [0.717, 1.165) is 14.5 Å². The standard InChI is InChI=1S/C14H16INO2/c1-14(2,3)18-13(17)11-8-16(4)12-7-9(15)5-6-10(11)12/h5-8H,1-4H3. The van der Waals surface area contributed by atoms with Crippen LogP contribution < -0.4 is 0 Å². The van der Waals surface area contributed by atoms with Gasteiger partial charge in [0, 0.05) is 27.7 Å². The van der Waals surface area contributed by atoms with Gasteiger partial charge in [-0.05, 0) is 55.5 Å². The lowest BCUT2D eigenvalue weighted by molar-refractivity contribution is 0.00717. The van der Waals surface area contributed by atoms with Crippen molar-refractivity contribution in [2.24, 2.45) is 7.05 Å². The molecule has 1 aromatic carbocycles. The first-order chi connectivity index (χ1) is 8.28. The number of hydrogen-bond acceptors (Lipinski definition) is 2. The van der Waals surface area contributed by atoms with Crippen LogP contribution in [0.2, 0.25) is 0 Å². The monoisotopic (exact) mass is 357 g/mol. The largest absolute Gasteiger partial charge is 0.456 e. The summed E-state index contributed by atoms with van der Waals surface area (Å²) in [6.07, 6.45) is 1.83. The van der Waals surface area contributed by atoms with E-state index in [0.29, 0.717) is 5.56 Å². The number of carbonyl (C=O) groups is 1. The molecule has 0 N–H and O–H groups in total. The first kappa shape index (κ1) is 13.4. The highest BCUT2D eigenvalue weighted by molar-refractivity contribution is 14.1. The van der Waals surface area contributed by atoms with Crippen LogP contribution in [-0.4, -0.2) is 16.1 Å². The lowest BCUT2D eigenvalue weighted by Crippen LogP contribution is -2.23. The number of esters is 1. The molecule has 3 nitrogen and oxygen atoms in total. The molecule has 0 radical (unpaired) electrons. The number of halogens is 1. The molecule has 96 valence electrons. The zero-order chi connectivity index (χ0) is 13.5. The number of carbonyl (C=O) groups excluding carboxylic acids is 1. The molecule has 0 saturated carbocycles. The second-order valence-electron chi connectivity index (χ2n) is 5.32. The molecule has 1 heterocycles. The minimum absolute atomic E-state index is 0.269. The number of aryl methyl sites for hydroxylation is 1. The van der Waals surface area contributed by atoms with E-state index in [1.54, 1.807) is 0 Å². The molecule has 2 rings (SSSR count). The van der Waals surface area contributed by atoms with Gasteiger partial charge in [-0.3, -0.25) is 0 Å². The Labute approximate surface area is 120 Å². The van der Waals surface area contributed by atoms with E-state index in [4.69, 9.17) is 4.74 Å². The fraction of sp³-hybridized carbons (Fsp3) is 0.357. The van der Waals surface area contributed by atoms with Gasteiger partial charge in [0.2, 0.25) is 0 Å². The van der Waals surface area contributed by atoms with Gasteiger partial charge in [0.05, 0.1) is 5.56 Å². The van der Waals surface area contributed by atoms with Crippen molar-refractivity contribution in [1.29, 1.82) is 0 Å². The molecular formula is C14H16INO2. The number of aromatic nitrogens is 1. The van der Waals surface area contributed by atoms with E-state index in [-0.39, 0.29) is 5.97 Å². The highest BCUT2D eigenvalue weighted by atomic mass is 127. The Balaban J connectivity index is 2.49. The molecule has 1 aromatic heterocycles. The molecule has 0 unspecified atom stereocenters. The van der Waals surface area contributed by atoms with E-state index >= 15 is 0 Å². The molecule has 0 saturated heterocycles. The molecule has 0 atom stereocenters. The van der Waals surface area contributed by atoms with Crippen LogP contribution in [0.1, 0.15) is 31.1 Å². The molecule has 0 aliphatic heterocycles. The summed E-state index contributed by atoms with van der Waals surface area (Å²) in [6, 6.07) is 6.02. The zero-order valence-corrected chi connectivity index (χ0v) is 13.1. The van der Waals surface area contributed by atoms with Crippen LogP contribution >= 0.6 is 22.6 Å². The SMILES string of the molecule is Cn1cc(C(=O)OC(C)(C)C)c2ccc(I)cc21. The lowest BCUT2D eigenvalue weighted by Gasteiger charge is -2.19. The second-order valence-corrected chi connectivity index (χ2v) is 6.56. The molecule has 2 aromatic rings. The molecule has 0 bridgehead atoms. The third-order valence-electron chi connectivity index (χ3n) is 2.57. The van der Waals surface area contributed by atoms with Crippen LogP contribution in [0.3, 0.4) is 0 Å². The predicted molar refractivity (Wildman–Crippen MR) is 80.8 cm³/mol. The number of fused-ring (bicyclic) bond motifs is 1. The van der Waals surface area contributed by atoms with Gasteiger partial charge in [0.15, 0.2) is 0 Å². The van der Waals surface area contributed by atoms with E-state index < -0.39 is 5.60 Å². The highest BCUT2D eigenvalue weighted by Crippen LogP contribution is 2.24. The molecule has 0 aliphatic carbocycles. The third kappa shape index (κ3) is 2.68. The highest BCUT2D eigenvalue weighted by Gasteiger charge is 2.21. The molecular weight excluding hydrogens is 341 g/mol. The predicted octanol–water partition coefficient (Wildman–Crippen LogP) is 3.74. The van der Waals surface area contributed by atoms with Gasteiger partial charge in [-0.25, -0.2) is 4.79 Å². The fourth-order valence-electron chi connectivity index (χ4n) is 1.85. The quantitative estimate of drug-likeness (QED) is 0.575. The molecule has 0 spiro atoms. The normalized spacial score (nSPS) is 11.8. The summed E-state index contributed by atoms with van der Waals surface area (Å²) in [4.78, 5) is 12.1. The molecule has 4 heteroatoms. The van der Waals surface area contributed by atoms with Crippen LogP contribution in [0, 0.1) is 3.57 Å². The first-order valence-electron chi connectivity index (χ1n) is 5.76. The number of ether oxygens (including phenoxy) is 1. The average molecular weight is 357 g/mol. The number of rotatable bonds is 1.